The first-order valence-corrected chi connectivity index (χ1v) is 12.2. The van der Waals surface area contributed by atoms with E-state index in [-0.39, 0.29) is 26.2 Å². The highest BCUT2D eigenvalue weighted by molar-refractivity contribution is 7.89. The van der Waals surface area contributed by atoms with E-state index in [4.69, 9.17) is 9.47 Å². The van der Waals surface area contributed by atoms with Gasteiger partial charge in [0.2, 0.25) is 10.0 Å². The number of benzene rings is 2. The van der Waals surface area contributed by atoms with E-state index in [1.807, 2.05) is 11.0 Å². The molecule has 1 aromatic heterocycles. The van der Waals surface area contributed by atoms with Gasteiger partial charge in [-0.15, -0.1) is 10.2 Å². The molecule has 3 aromatic rings. The Labute approximate surface area is 205 Å². The van der Waals surface area contributed by atoms with Crippen LogP contribution in [-0.2, 0) is 16.2 Å². The van der Waals surface area contributed by atoms with Gasteiger partial charge in [0.25, 0.3) is 0 Å². The number of ether oxygens (including phenoxy) is 2. The lowest BCUT2D eigenvalue weighted by Crippen LogP contribution is -2.49. The molecule has 1 aliphatic rings. The lowest BCUT2D eigenvalue weighted by molar-refractivity contribution is -0.140. The highest BCUT2D eigenvalue weighted by Crippen LogP contribution is 2.34. The monoisotopic (exact) mass is 526 g/mol. The van der Waals surface area contributed by atoms with Crippen molar-refractivity contribution in [3.05, 3.63) is 59.9 Å². The van der Waals surface area contributed by atoms with Crippen molar-refractivity contribution in [3.8, 4) is 22.8 Å². The first-order valence-electron chi connectivity index (χ1n) is 10.7. The molecule has 0 bridgehead atoms. The summed E-state index contributed by atoms with van der Waals surface area (Å²) in [6.07, 6.45) is -5.00. The summed E-state index contributed by atoms with van der Waals surface area (Å²) in [7, 11) is -1.17. The molecule has 0 spiro atoms. The summed E-state index contributed by atoms with van der Waals surface area (Å²) in [4.78, 5) is 1.21. The summed E-state index contributed by atoms with van der Waals surface area (Å²) in [5.41, 5.74) is -0.259. The van der Waals surface area contributed by atoms with Gasteiger partial charge in [0.05, 0.1) is 30.4 Å². The van der Waals surface area contributed by atoms with E-state index >= 15 is 0 Å². The number of methoxy groups -OCH3 is 2. The van der Waals surface area contributed by atoms with Crippen LogP contribution < -0.4 is 14.4 Å². The standard InChI is InChI=1S/C23H22F4N4O4S/c1-34-20-7-3-15(13-21(20)35-2)19-6-8-22(29-28-19)30-9-11-31(12-10-30)36(32,33)16-4-5-18(24)17(14-16)23(25,26)27/h3-8,13-14H,9-12H2,1-2H3. The quantitative estimate of drug-likeness (QED) is 0.452. The Morgan fingerprint density at radius 2 is 1.56 bits per heavy atom. The summed E-state index contributed by atoms with van der Waals surface area (Å²) >= 11 is 0. The van der Waals surface area contributed by atoms with Crippen LogP contribution in [-0.4, -0.2) is 63.3 Å². The van der Waals surface area contributed by atoms with Crippen LogP contribution >= 0.6 is 0 Å². The number of piperazine rings is 1. The van der Waals surface area contributed by atoms with Crippen molar-refractivity contribution in [2.24, 2.45) is 0 Å². The Morgan fingerprint density at radius 3 is 2.14 bits per heavy atom. The maximum absolute atomic E-state index is 13.6. The van der Waals surface area contributed by atoms with Gasteiger partial charge in [-0.2, -0.15) is 17.5 Å². The molecule has 8 nitrogen and oxygen atoms in total. The van der Waals surface area contributed by atoms with Gasteiger partial charge in [-0.3, -0.25) is 0 Å². The maximum Gasteiger partial charge on any atom is 0.419 e. The maximum atomic E-state index is 13.6. The van der Waals surface area contributed by atoms with E-state index in [2.05, 4.69) is 10.2 Å². The van der Waals surface area contributed by atoms with Gasteiger partial charge in [0, 0.05) is 31.7 Å². The van der Waals surface area contributed by atoms with Crippen molar-refractivity contribution in [1.29, 1.82) is 0 Å². The van der Waals surface area contributed by atoms with E-state index in [1.165, 1.54) is 14.2 Å². The first-order chi connectivity index (χ1) is 17.0. The molecule has 1 saturated heterocycles. The second-order valence-electron chi connectivity index (χ2n) is 7.88. The number of halogens is 4. The van der Waals surface area contributed by atoms with Crippen molar-refractivity contribution >= 4 is 15.8 Å². The molecule has 2 aromatic carbocycles. The number of nitrogens with zero attached hydrogens (tertiary/aromatic N) is 4. The van der Waals surface area contributed by atoms with E-state index in [1.54, 1.807) is 24.3 Å². The molecule has 0 saturated carbocycles. The van der Waals surface area contributed by atoms with Crippen molar-refractivity contribution < 1.29 is 35.5 Å². The normalized spacial score (nSPS) is 15.1. The molecule has 0 unspecified atom stereocenters. The molecule has 36 heavy (non-hydrogen) atoms. The molecular weight excluding hydrogens is 504 g/mol. The molecule has 0 radical (unpaired) electrons. The third-order valence-electron chi connectivity index (χ3n) is 5.77. The Balaban J connectivity index is 1.46. The molecule has 0 N–H and O–H groups in total. The summed E-state index contributed by atoms with van der Waals surface area (Å²) < 4.78 is 90.1. The van der Waals surface area contributed by atoms with E-state index in [0.717, 1.165) is 15.9 Å². The fourth-order valence-electron chi connectivity index (χ4n) is 3.83. The fraction of sp³-hybridized carbons (Fsp3) is 0.304. The SMILES string of the molecule is COc1ccc(-c2ccc(N3CCN(S(=O)(=O)c4ccc(F)c(C(F)(F)F)c4)CC3)nn2)cc1OC. The van der Waals surface area contributed by atoms with Crippen LogP contribution in [0.3, 0.4) is 0 Å². The molecule has 1 fully saturated rings. The first kappa shape index (κ1) is 25.6. The zero-order valence-electron chi connectivity index (χ0n) is 19.3. The highest BCUT2D eigenvalue weighted by Gasteiger charge is 2.37. The number of sulfonamides is 1. The number of aromatic nitrogens is 2. The summed E-state index contributed by atoms with van der Waals surface area (Å²) in [5.74, 6) is 0.120. The average molecular weight is 527 g/mol. The second-order valence-corrected chi connectivity index (χ2v) is 9.82. The predicted molar refractivity (Wildman–Crippen MR) is 123 cm³/mol. The van der Waals surface area contributed by atoms with E-state index < -0.39 is 32.5 Å². The van der Waals surface area contributed by atoms with Crippen LogP contribution in [0.2, 0.25) is 0 Å². The largest absolute Gasteiger partial charge is 0.493 e. The van der Waals surface area contributed by atoms with Crippen molar-refractivity contribution in [2.45, 2.75) is 11.1 Å². The fourth-order valence-corrected chi connectivity index (χ4v) is 5.28. The molecule has 1 aliphatic heterocycles. The smallest absolute Gasteiger partial charge is 0.419 e. The summed E-state index contributed by atoms with van der Waals surface area (Å²) in [5, 5.41) is 8.49. The van der Waals surface area contributed by atoms with E-state index in [9.17, 15) is 26.0 Å². The molecule has 0 aliphatic carbocycles. The van der Waals surface area contributed by atoms with Gasteiger partial charge in [-0.05, 0) is 48.5 Å². The second kappa shape index (κ2) is 9.90. The Hall–Kier alpha value is -3.45. The van der Waals surface area contributed by atoms with Gasteiger partial charge in [-0.1, -0.05) is 0 Å². The molecule has 0 atom stereocenters. The van der Waals surface area contributed by atoms with Crippen molar-refractivity contribution in [3.63, 3.8) is 0 Å². The minimum absolute atomic E-state index is 0.0141. The van der Waals surface area contributed by atoms with Gasteiger partial charge in [-0.25, -0.2) is 12.8 Å². The number of hydrogen-bond donors (Lipinski definition) is 0. The minimum Gasteiger partial charge on any atom is -0.493 e. The molecule has 4 rings (SSSR count). The van der Waals surface area contributed by atoms with Gasteiger partial charge >= 0.3 is 6.18 Å². The summed E-state index contributed by atoms with van der Waals surface area (Å²) in [6, 6.07) is 10.5. The van der Waals surface area contributed by atoms with Crippen molar-refractivity contribution in [1.82, 2.24) is 14.5 Å². The van der Waals surface area contributed by atoms with Gasteiger partial charge in [0.15, 0.2) is 17.3 Å². The molecule has 13 heteroatoms. The molecular formula is C23H22F4N4O4S. The summed E-state index contributed by atoms with van der Waals surface area (Å²) in [6.45, 7) is 0.522. The minimum atomic E-state index is -5.00. The van der Waals surface area contributed by atoms with Crippen molar-refractivity contribution in [2.75, 3.05) is 45.3 Å². The Morgan fingerprint density at radius 1 is 0.861 bits per heavy atom. The molecule has 192 valence electrons. The number of rotatable bonds is 6. The molecule has 0 amide bonds. The van der Waals surface area contributed by atoms with E-state index in [0.29, 0.717) is 35.1 Å². The zero-order chi connectivity index (χ0) is 26.1. The topological polar surface area (TPSA) is 84.9 Å². The number of alkyl halides is 3. The van der Waals surface area contributed by atoms with Crippen LogP contribution in [0.25, 0.3) is 11.3 Å². The van der Waals surface area contributed by atoms with Crippen LogP contribution in [0.1, 0.15) is 5.56 Å². The third kappa shape index (κ3) is 5.07. The van der Waals surface area contributed by atoms with Crippen LogP contribution in [0.4, 0.5) is 23.4 Å². The highest BCUT2D eigenvalue weighted by atomic mass is 32.2. The average Bonchev–Trinajstić information content (AvgIpc) is 2.88. The third-order valence-corrected chi connectivity index (χ3v) is 7.67. The van der Waals surface area contributed by atoms with Crippen LogP contribution in [0.15, 0.2) is 53.4 Å². The van der Waals surface area contributed by atoms with Crippen LogP contribution in [0.5, 0.6) is 11.5 Å². The lowest BCUT2D eigenvalue weighted by atomic mass is 10.1. The van der Waals surface area contributed by atoms with Gasteiger partial charge < -0.3 is 14.4 Å². The van der Waals surface area contributed by atoms with Gasteiger partial charge in [0.1, 0.15) is 5.82 Å². The molecule has 2 heterocycles. The number of anilines is 1. The Bertz CT molecular complexity index is 1340. The lowest BCUT2D eigenvalue weighted by Gasteiger charge is -2.34. The Kier molecular flexibility index (Phi) is 7.05. The van der Waals surface area contributed by atoms with Crippen LogP contribution in [0, 0.1) is 5.82 Å². The zero-order valence-corrected chi connectivity index (χ0v) is 20.1. The number of hydrogen-bond acceptors (Lipinski definition) is 7. The predicted octanol–water partition coefficient (Wildman–Crippen LogP) is 3.83.